The molecule has 2 aromatic rings. The van der Waals surface area contributed by atoms with E-state index in [0.29, 0.717) is 5.56 Å². The summed E-state index contributed by atoms with van der Waals surface area (Å²) in [6.07, 6.45) is 3.02. The lowest BCUT2D eigenvalue weighted by molar-refractivity contribution is 0.581. The summed E-state index contributed by atoms with van der Waals surface area (Å²) in [5.41, 5.74) is 0.649. The summed E-state index contributed by atoms with van der Waals surface area (Å²) in [5.74, 6) is 0. The number of primary sulfonamides is 1. The van der Waals surface area contributed by atoms with E-state index in [9.17, 15) is 16.8 Å². The van der Waals surface area contributed by atoms with Crippen LogP contribution in [0.5, 0.6) is 0 Å². The van der Waals surface area contributed by atoms with E-state index < -0.39 is 20.0 Å². The zero-order chi connectivity index (χ0) is 14.8. The van der Waals surface area contributed by atoms with Crippen molar-refractivity contribution in [3.05, 3.63) is 42.2 Å². The first-order valence-electron chi connectivity index (χ1n) is 5.39. The number of rotatable bonds is 5. The molecule has 0 aliphatic heterocycles. The van der Waals surface area contributed by atoms with Crippen molar-refractivity contribution in [3.8, 4) is 0 Å². The average Bonchev–Trinajstić information content (AvgIpc) is 2.89. The van der Waals surface area contributed by atoms with Crippen LogP contribution in [0.4, 0.5) is 0 Å². The molecule has 0 saturated carbocycles. The van der Waals surface area contributed by atoms with Gasteiger partial charge in [-0.3, -0.25) is 5.10 Å². The highest BCUT2D eigenvalue weighted by Gasteiger charge is 2.17. The van der Waals surface area contributed by atoms with Gasteiger partial charge in [0.1, 0.15) is 0 Å². The van der Waals surface area contributed by atoms with Gasteiger partial charge < -0.3 is 0 Å². The maximum atomic E-state index is 12.0. The number of nitrogens with one attached hydrogen (secondary N) is 2. The molecule has 0 aliphatic carbocycles. The first-order chi connectivity index (χ1) is 9.29. The Bertz CT molecular complexity index is 798. The molecule has 10 heteroatoms. The first kappa shape index (κ1) is 14.7. The van der Waals surface area contributed by atoms with Gasteiger partial charge in [0.15, 0.2) is 0 Å². The van der Waals surface area contributed by atoms with E-state index in [4.69, 9.17) is 5.14 Å². The molecule has 0 spiro atoms. The number of aromatic amines is 1. The molecule has 2 rings (SSSR count). The maximum Gasteiger partial charge on any atom is 0.240 e. The minimum atomic E-state index is -3.95. The average molecular weight is 316 g/mol. The summed E-state index contributed by atoms with van der Waals surface area (Å²) < 4.78 is 48.8. The fourth-order valence-corrected chi connectivity index (χ4v) is 3.15. The third-order valence-electron chi connectivity index (χ3n) is 2.47. The lowest BCUT2D eigenvalue weighted by Gasteiger charge is -2.06. The van der Waals surface area contributed by atoms with Crippen LogP contribution >= 0.6 is 0 Å². The Balaban J connectivity index is 2.26. The third kappa shape index (κ3) is 3.42. The molecular weight excluding hydrogens is 304 g/mol. The van der Waals surface area contributed by atoms with Crippen molar-refractivity contribution in [1.29, 1.82) is 0 Å². The Morgan fingerprint density at radius 2 is 1.90 bits per heavy atom. The molecule has 0 aliphatic rings. The van der Waals surface area contributed by atoms with Crippen molar-refractivity contribution in [2.24, 2.45) is 5.14 Å². The minimum Gasteiger partial charge on any atom is -0.285 e. The lowest BCUT2D eigenvalue weighted by Crippen LogP contribution is -2.23. The molecular formula is C10H12N4O4S2. The molecule has 0 fully saturated rings. The molecule has 0 amide bonds. The standard InChI is InChI=1S/C10H12N4O4S2/c11-19(15,16)9-2-1-3-10(4-9)20(17,18)14-7-8-5-12-13-6-8/h1-6,14H,7H2,(H,12,13)(H2,11,15,16). The Labute approximate surface area is 116 Å². The molecule has 8 nitrogen and oxygen atoms in total. The summed E-state index contributed by atoms with van der Waals surface area (Å²) >= 11 is 0. The van der Waals surface area contributed by atoms with Gasteiger partial charge in [0.05, 0.1) is 16.0 Å². The van der Waals surface area contributed by atoms with Gasteiger partial charge in [-0.15, -0.1) is 0 Å². The Kier molecular flexibility index (Phi) is 3.90. The van der Waals surface area contributed by atoms with E-state index in [1.165, 1.54) is 24.4 Å². The van der Waals surface area contributed by atoms with Crippen molar-refractivity contribution in [3.63, 3.8) is 0 Å². The van der Waals surface area contributed by atoms with Crippen molar-refractivity contribution in [2.75, 3.05) is 0 Å². The van der Waals surface area contributed by atoms with E-state index in [0.717, 1.165) is 6.07 Å². The van der Waals surface area contributed by atoms with Crippen LogP contribution in [0.3, 0.4) is 0 Å². The topological polar surface area (TPSA) is 135 Å². The second-order valence-electron chi connectivity index (χ2n) is 3.95. The highest BCUT2D eigenvalue weighted by molar-refractivity contribution is 7.90. The second-order valence-corrected chi connectivity index (χ2v) is 7.28. The van der Waals surface area contributed by atoms with Crippen molar-refractivity contribution < 1.29 is 16.8 Å². The summed E-state index contributed by atoms with van der Waals surface area (Å²) in [4.78, 5) is -0.434. The summed E-state index contributed by atoms with van der Waals surface area (Å²) in [5, 5.41) is 11.2. The normalized spacial score (nSPS) is 12.4. The second kappa shape index (κ2) is 5.32. The lowest BCUT2D eigenvalue weighted by atomic mass is 10.4. The fourth-order valence-electron chi connectivity index (χ4n) is 1.45. The highest BCUT2D eigenvalue weighted by Crippen LogP contribution is 2.14. The highest BCUT2D eigenvalue weighted by atomic mass is 32.2. The molecule has 0 radical (unpaired) electrons. The van der Waals surface area contributed by atoms with Gasteiger partial charge in [-0.2, -0.15) is 5.10 Å². The smallest absolute Gasteiger partial charge is 0.240 e. The van der Waals surface area contributed by atoms with Gasteiger partial charge in [0.2, 0.25) is 20.0 Å². The molecule has 1 heterocycles. The van der Waals surface area contributed by atoms with Crippen molar-refractivity contribution >= 4 is 20.0 Å². The van der Waals surface area contributed by atoms with Crippen molar-refractivity contribution in [2.45, 2.75) is 16.3 Å². The summed E-state index contributed by atoms with van der Waals surface area (Å²) in [7, 11) is -7.78. The SMILES string of the molecule is NS(=O)(=O)c1cccc(S(=O)(=O)NCc2cn[nH]c2)c1. The maximum absolute atomic E-state index is 12.0. The van der Waals surface area contributed by atoms with Crippen LogP contribution in [0.15, 0.2) is 46.5 Å². The van der Waals surface area contributed by atoms with Crippen LogP contribution in [0.25, 0.3) is 0 Å². The number of sulfonamides is 2. The molecule has 0 saturated heterocycles. The number of aromatic nitrogens is 2. The Morgan fingerprint density at radius 3 is 2.50 bits per heavy atom. The fraction of sp³-hybridized carbons (Fsp3) is 0.100. The van der Waals surface area contributed by atoms with Crippen LogP contribution in [0, 0.1) is 0 Å². The predicted octanol–water partition coefficient (Wildman–Crippen LogP) is -0.464. The molecule has 20 heavy (non-hydrogen) atoms. The van der Waals surface area contributed by atoms with Crippen LogP contribution in [-0.4, -0.2) is 27.0 Å². The quantitative estimate of drug-likeness (QED) is 0.685. The Morgan fingerprint density at radius 1 is 1.20 bits per heavy atom. The molecule has 0 unspecified atom stereocenters. The monoisotopic (exact) mass is 316 g/mol. The van der Waals surface area contributed by atoms with Gasteiger partial charge in [-0.25, -0.2) is 26.7 Å². The zero-order valence-electron chi connectivity index (χ0n) is 10.1. The third-order valence-corrected chi connectivity index (χ3v) is 4.78. The summed E-state index contributed by atoms with van der Waals surface area (Å²) in [6.45, 7) is 0.0401. The number of hydrogen-bond donors (Lipinski definition) is 3. The number of H-pyrrole nitrogens is 1. The van der Waals surface area contributed by atoms with Gasteiger partial charge in [-0.05, 0) is 18.2 Å². The number of nitrogens with zero attached hydrogens (tertiary/aromatic N) is 1. The van der Waals surface area contributed by atoms with Crippen LogP contribution in [0.1, 0.15) is 5.56 Å². The van der Waals surface area contributed by atoms with E-state index in [-0.39, 0.29) is 16.3 Å². The van der Waals surface area contributed by atoms with Gasteiger partial charge in [-0.1, -0.05) is 6.07 Å². The van der Waals surface area contributed by atoms with Gasteiger partial charge in [0, 0.05) is 18.3 Å². The molecule has 1 aromatic carbocycles. The zero-order valence-corrected chi connectivity index (χ0v) is 11.8. The Hall–Kier alpha value is -1.75. The largest absolute Gasteiger partial charge is 0.285 e. The number of nitrogens with two attached hydrogens (primary N) is 1. The summed E-state index contributed by atoms with van der Waals surface area (Å²) in [6, 6.07) is 4.83. The minimum absolute atomic E-state index is 0.0401. The molecule has 108 valence electrons. The van der Waals surface area contributed by atoms with E-state index in [1.54, 1.807) is 6.20 Å². The number of hydrogen-bond acceptors (Lipinski definition) is 5. The van der Waals surface area contributed by atoms with E-state index in [1.807, 2.05) is 0 Å². The van der Waals surface area contributed by atoms with Crippen LogP contribution in [-0.2, 0) is 26.6 Å². The van der Waals surface area contributed by atoms with Gasteiger partial charge >= 0.3 is 0 Å². The molecule has 1 aromatic heterocycles. The predicted molar refractivity (Wildman–Crippen MR) is 70.4 cm³/mol. The van der Waals surface area contributed by atoms with Crippen molar-refractivity contribution in [1.82, 2.24) is 14.9 Å². The number of benzene rings is 1. The molecule has 0 atom stereocenters. The van der Waals surface area contributed by atoms with Crippen LogP contribution < -0.4 is 9.86 Å². The van der Waals surface area contributed by atoms with Gasteiger partial charge in [0.25, 0.3) is 0 Å². The first-order valence-corrected chi connectivity index (χ1v) is 8.42. The van der Waals surface area contributed by atoms with Crippen LogP contribution in [0.2, 0.25) is 0 Å². The molecule has 4 N–H and O–H groups in total. The van der Waals surface area contributed by atoms with E-state index in [2.05, 4.69) is 14.9 Å². The molecule has 0 bridgehead atoms. The van der Waals surface area contributed by atoms with E-state index >= 15 is 0 Å².